The van der Waals surface area contributed by atoms with Gasteiger partial charge in [-0.15, -0.1) is 0 Å². The normalized spacial score (nSPS) is 17.7. The standard InChI is InChI=1S/C17H27N3O3S/c1-3-24(22,23)19-12-14-4-6-16(7-5-14)17(21)20-10-8-15(9-11-20)13(2)18/h4-7,13,15,19H,3,8-12,18H2,1-2H3. The van der Waals surface area contributed by atoms with Crippen LogP contribution in [-0.2, 0) is 16.6 Å². The molecular weight excluding hydrogens is 326 g/mol. The number of sulfonamides is 1. The van der Waals surface area contributed by atoms with Gasteiger partial charge in [-0.05, 0) is 50.3 Å². The van der Waals surface area contributed by atoms with Crippen LogP contribution in [0.2, 0.25) is 0 Å². The second kappa shape index (κ2) is 8.09. The van der Waals surface area contributed by atoms with E-state index in [1.807, 2.05) is 11.8 Å². The van der Waals surface area contributed by atoms with Gasteiger partial charge in [-0.25, -0.2) is 13.1 Å². The minimum atomic E-state index is -3.21. The zero-order valence-electron chi connectivity index (χ0n) is 14.4. The van der Waals surface area contributed by atoms with Crippen molar-refractivity contribution in [2.75, 3.05) is 18.8 Å². The van der Waals surface area contributed by atoms with E-state index in [2.05, 4.69) is 4.72 Å². The van der Waals surface area contributed by atoms with E-state index in [1.54, 1.807) is 31.2 Å². The van der Waals surface area contributed by atoms with E-state index in [1.165, 1.54) is 0 Å². The molecule has 0 aliphatic carbocycles. The van der Waals surface area contributed by atoms with Crippen molar-refractivity contribution in [3.8, 4) is 0 Å². The van der Waals surface area contributed by atoms with Gasteiger partial charge in [0.1, 0.15) is 0 Å². The molecule has 3 N–H and O–H groups in total. The van der Waals surface area contributed by atoms with E-state index < -0.39 is 10.0 Å². The Morgan fingerprint density at radius 3 is 2.38 bits per heavy atom. The Hall–Kier alpha value is -1.44. The van der Waals surface area contributed by atoms with E-state index in [-0.39, 0.29) is 24.2 Å². The number of hydrogen-bond acceptors (Lipinski definition) is 4. The average Bonchev–Trinajstić information content (AvgIpc) is 2.60. The van der Waals surface area contributed by atoms with Gasteiger partial charge in [0, 0.05) is 31.2 Å². The summed E-state index contributed by atoms with van der Waals surface area (Å²) in [6, 6.07) is 7.28. The van der Waals surface area contributed by atoms with Crippen molar-refractivity contribution in [3.05, 3.63) is 35.4 Å². The molecule has 134 valence electrons. The van der Waals surface area contributed by atoms with Crippen molar-refractivity contribution in [3.63, 3.8) is 0 Å². The largest absolute Gasteiger partial charge is 0.339 e. The Balaban J connectivity index is 1.92. The van der Waals surface area contributed by atoms with Crippen molar-refractivity contribution < 1.29 is 13.2 Å². The molecule has 2 rings (SSSR count). The Morgan fingerprint density at radius 2 is 1.88 bits per heavy atom. The molecule has 1 saturated heterocycles. The first kappa shape index (κ1) is 18.9. The van der Waals surface area contributed by atoms with Gasteiger partial charge in [-0.1, -0.05) is 12.1 Å². The highest BCUT2D eigenvalue weighted by Crippen LogP contribution is 2.21. The second-order valence-corrected chi connectivity index (χ2v) is 8.51. The monoisotopic (exact) mass is 353 g/mol. The molecule has 1 amide bonds. The summed E-state index contributed by atoms with van der Waals surface area (Å²) >= 11 is 0. The predicted octanol–water partition coefficient (Wildman–Crippen LogP) is 1.33. The molecule has 24 heavy (non-hydrogen) atoms. The minimum Gasteiger partial charge on any atom is -0.339 e. The molecule has 1 fully saturated rings. The fourth-order valence-electron chi connectivity index (χ4n) is 2.87. The molecule has 0 aromatic heterocycles. The van der Waals surface area contributed by atoms with Crippen molar-refractivity contribution in [2.45, 2.75) is 39.3 Å². The number of hydrogen-bond donors (Lipinski definition) is 2. The number of nitrogens with one attached hydrogen (secondary N) is 1. The van der Waals surface area contributed by atoms with Gasteiger partial charge < -0.3 is 10.6 Å². The van der Waals surface area contributed by atoms with Crippen molar-refractivity contribution in [1.82, 2.24) is 9.62 Å². The number of likely N-dealkylation sites (tertiary alicyclic amines) is 1. The van der Waals surface area contributed by atoms with E-state index in [4.69, 9.17) is 5.73 Å². The summed E-state index contributed by atoms with van der Waals surface area (Å²) in [6.07, 6.45) is 1.89. The summed E-state index contributed by atoms with van der Waals surface area (Å²) in [5.74, 6) is 0.572. The van der Waals surface area contributed by atoms with Gasteiger partial charge in [-0.3, -0.25) is 4.79 Å². The maximum absolute atomic E-state index is 12.5. The van der Waals surface area contributed by atoms with Crippen LogP contribution in [-0.4, -0.2) is 44.1 Å². The van der Waals surface area contributed by atoms with Crippen LogP contribution < -0.4 is 10.5 Å². The lowest BCUT2D eigenvalue weighted by molar-refractivity contribution is 0.0681. The van der Waals surface area contributed by atoms with Gasteiger partial charge in [-0.2, -0.15) is 0 Å². The fourth-order valence-corrected chi connectivity index (χ4v) is 3.46. The van der Waals surface area contributed by atoms with Crippen molar-refractivity contribution in [2.24, 2.45) is 11.7 Å². The average molecular weight is 353 g/mol. The van der Waals surface area contributed by atoms with Crippen LogP contribution in [0.1, 0.15) is 42.6 Å². The van der Waals surface area contributed by atoms with Gasteiger partial charge in [0.05, 0.1) is 5.75 Å². The lowest BCUT2D eigenvalue weighted by atomic mass is 9.90. The SMILES string of the molecule is CCS(=O)(=O)NCc1ccc(C(=O)N2CCC(C(C)N)CC2)cc1. The summed E-state index contributed by atoms with van der Waals surface area (Å²) in [5, 5.41) is 0. The molecule has 1 aliphatic rings. The van der Waals surface area contributed by atoms with Crippen LogP contribution in [0.25, 0.3) is 0 Å². The van der Waals surface area contributed by atoms with Crippen LogP contribution >= 0.6 is 0 Å². The Morgan fingerprint density at radius 1 is 1.29 bits per heavy atom. The van der Waals surface area contributed by atoms with Gasteiger partial charge in [0.2, 0.25) is 10.0 Å². The third kappa shape index (κ3) is 5.03. The molecule has 0 bridgehead atoms. The summed E-state index contributed by atoms with van der Waals surface area (Å²) < 4.78 is 25.4. The number of amides is 1. The molecule has 1 atom stereocenters. The van der Waals surface area contributed by atoms with Crippen LogP contribution in [0, 0.1) is 5.92 Å². The highest BCUT2D eigenvalue weighted by Gasteiger charge is 2.25. The first-order valence-electron chi connectivity index (χ1n) is 8.43. The highest BCUT2D eigenvalue weighted by atomic mass is 32.2. The molecule has 1 heterocycles. The summed E-state index contributed by atoms with van der Waals surface area (Å²) in [7, 11) is -3.21. The zero-order valence-corrected chi connectivity index (χ0v) is 15.2. The van der Waals surface area contributed by atoms with Crippen LogP contribution in [0.15, 0.2) is 24.3 Å². The molecule has 0 spiro atoms. The number of carbonyl (C=O) groups is 1. The zero-order chi connectivity index (χ0) is 17.7. The number of nitrogens with two attached hydrogens (primary N) is 1. The van der Waals surface area contributed by atoms with Crippen LogP contribution in [0.5, 0.6) is 0 Å². The second-order valence-electron chi connectivity index (χ2n) is 6.41. The van der Waals surface area contributed by atoms with Gasteiger partial charge in [0.15, 0.2) is 0 Å². The lowest BCUT2D eigenvalue weighted by Gasteiger charge is -2.33. The number of nitrogens with zero attached hydrogens (tertiary/aromatic N) is 1. The first-order chi connectivity index (χ1) is 11.3. The molecule has 6 nitrogen and oxygen atoms in total. The minimum absolute atomic E-state index is 0.0267. The fraction of sp³-hybridized carbons (Fsp3) is 0.588. The summed E-state index contributed by atoms with van der Waals surface area (Å²) in [4.78, 5) is 14.4. The molecule has 1 unspecified atom stereocenters. The first-order valence-corrected chi connectivity index (χ1v) is 10.1. The number of rotatable bonds is 6. The highest BCUT2D eigenvalue weighted by molar-refractivity contribution is 7.89. The number of piperidine rings is 1. The molecule has 1 aliphatic heterocycles. The predicted molar refractivity (Wildman–Crippen MR) is 95.0 cm³/mol. The third-order valence-corrected chi connectivity index (χ3v) is 5.99. The smallest absolute Gasteiger partial charge is 0.253 e. The Kier molecular flexibility index (Phi) is 6.37. The quantitative estimate of drug-likeness (QED) is 0.807. The van der Waals surface area contributed by atoms with Crippen molar-refractivity contribution in [1.29, 1.82) is 0 Å². The molecule has 1 aromatic carbocycles. The van der Waals surface area contributed by atoms with Crippen LogP contribution in [0.3, 0.4) is 0 Å². The molecule has 1 aromatic rings. The molecular formula is C17H27N3O3S. The molecule has 7 heteroatoms. The topological polar surface area (TPSA) is 92.5 Å². The Labute approximate surface area is 144 Å². The van der Waals surface area contributed by atoms with E-state index in [0.717, 1.165) is 31.5 Å². The van der Waals surface area contributed by atoms with Crippen molar-refractivity contribution >= 4 is 15.9 Å². The van der Waals surface area contributed by atoms with Crippen LogP contribution in [0.4, 0.5) is 0 Å². The molecule has 0 radical (unpaired) electrons. The third-order valence-electron chi connectivity index (χ3n) is 4.65. The maximum atomic E-state index is 12.5. The maximum Gasteiger partial charge on any atom is 0.253 e. The van der Waals surface area contributed by atoms with E-state index in [9.17, 15) is 13.2 Å². The number of benzene rings is 1. The summed E-state index contributed by atoms with van der Waals surface area (Å²) in [5.41, 5.74) is 7.40. The van der Waals surface area contributed by atoms with E-state index in [0.29, 0.717) is 11.5 Å². The summed E-state index contributed by atoms with van der Waals surface area (Å²) in [6.45, 7) is 5.34. The van der Waals surface area contributed by atoms with Gasteiger partial charge in [0.25, 0.3) is 5.91 Å². The molecule has 0 saturated carbocycles. The Bertz CT molecular complexity index is 648. The lowest BCUT2D eigenvalue weighted by Crippen LogP contribution is -2.42. The van der Waals surface area contributed by atoms with Gasteiger partial charge >= 0.3 is 0 Å². The number of carbonyl (C=O) groups excluding carboxylic acids is 1. The van der Waals surface area contributed by atoms with E-state index >= 15 is 0 Å².